The van der Waals surface area contributed by atoms with Crippen LogP contribution in [0.5, 0.6) is 0 Å². The molecule has 0 aliphatic heterocycles. The summed E-state index contributed by atoms with van der Waals surface area (Å²) < 4.78 is 0. The molecule has 0 unspecified atom stereocenters. The number of carbonyl (C=O) groups is 1. The Bertz CT molecular complexity index is 266. The fourth-order valence-electron chi connectivity index (χ4n) is 1.24. The van der Waals surface area contributed by atoms with E-state index in [1.165, 1.54) is 0 Å². The van der Waals surface area contributed by atoms with Gasteiger partial charge in [0.1, 0.15) is 0 Å². The van der Waals surface area contributed by atoms with Gasteiger partial charge in [0.2, 0.25) is 5.91 Å². The number of nitrogens with zero attached hydrogens (tertiary/aromatic N) is 1. The molecule has 0 aromatic heterocycles. The lowest BCUT2D eigenvalue weighted by molar-refractivity contribution is -0.122. The van der Waals surface area contributed by atoms with Crippen LogP contribution in [0.2, 0.25) is 0 Å². The highest BCUT2D eigenvalue weighted by atomic mass is 32.1. The van der Waals surface area contributed by atoms with Crippen LogP contribution in [0.1, 0.15) is 33.6 Å². The van der Waals surface area contributed by atoms with Gasteiger partial charge in [-0.15, -0.1) is 0 Å². The molecule has 17 heavy (non-hydrogen) atoms. The smallest absolute Gasteiger partial charge is 0.234 e. The maximum absolute atomic E-state index is 11.5. The Labute approximate surface area is 110 Å². The van der Waals surface area contributed by atoms with Gasteiger partial charge in [-0.25, -0.2) is 0 Å². The SMILES string of the molecule is CCCNC(=O)CN(C)CCC(C)(C)C(N)=S. The molecule has 0 aliphatic rings. The standard InChI is InChI=1S/C12H25N3OS/c1-5-7-14-10(16)9-15(4)8-6-12(2,3)11(13)17/h5-9H2,1-4H3,(H2,13,17)(H,14,16). The van der Waals surface area contributed by atoms with Crippen molar-refractivity contribution >= 4 is 23.1 Å². The van der Waals surface area contributed by atoms with Gasteiger partial charge in [0, 0.05) is 12.0 Å². The van der Waals surface area contributed by atoms with E-state index in [1.54, 1.807) is 0 Å². The number of amides is 1. The first-order chi connectivity index (χ1) is 7.79. The average molecular weight is 259 g/mol. The van der Waals surface area contributed by atoms with Crippen molar-refractivity contribution in [1.29, 1.82) is 0 Å². The van der Waals surface area contributed by atoms with Gasteiger partial charge in [0.05, 0.1) is 11.5 Å². The molecule has 0 fully saturated rings. The molecule has 5 heteroatoms. The molecule has 0 radical (unpaired) electrons. The minimum absolute atomic E-state index is 0.0717. The van der Waals surface area contributed by atoms with E-state index < -0.39 is 0 Å². The van der Waals surface area contributed by atoms with E-state index in [-0.39, 0.29) is 11.3 Å². The quantitative estimate of drug-likeness (QED) is 0.642. The summed E-state index contributed by atoms with van der Waals surface area (Å²) >= 11 is 5.01. The summed E-state index contributed by atoms with van der Waals surface area (Å²) in [6, 6.07) is 0. The van der Waals surface area contributed by atoms with E-state index in [9.17, 15) is 4.79 Å². The van der Waals surface area contributed by atoms with Crippen molar-refractivity contribution in [2.75, 3.05) is 26.7 Å². The lowest BCUT2D eigenvalue weighted by atomic mass is 9.89. The van der Waals surface area contributed by atoms with Crippen molar-refractivity contribution in [3.8, 4) is 0 Å². The third kappa shape index (κ3) is 7.28. The average Bonchev–Trinajstić information content (AvgIpc) is 2.23. The first-order valence-electron chi connectivity index (χ1n) is 6.04. The highest BCUT2D eigenvalue weighted by Gasteiger charge is 2.21. The lowest BCUT2D eigenvalue weighted by Gasteiger charge is -2.26. The Hall–Kier alpha value is -0.680. The van der Waals surface area contributed by atoms with Crippen molar-refractivity contribution in [3.05, 3.63) is 0 Å². The van der Waals surface area contributed by atoms with E-state index in [0.29, 0.717) is 11.5 Å². The lowest BCUT2D eigenvalue weighted by Crippen LogP contribution is -2.38. The van der Waals surface area contributed by atoms with Crippen LogP contribution < -0.4 is 11.1 Å². The summed E-state index contributed by atoms with van der Waals surface area (Å²) in [7, 11) is 1.93. The van der Waals surface area contributed by atoms with Crippen LogP contribution in [0.15, 0.2) is 0 Å². The first-order valence-corrected chi connectivity index (χ1v) is 6.45. The molecule has 0 atom stereocenters. The highest BCUT2D eigenvalue weighted by molar-refractivity contribution is 7.80. The van der Waals surface area contributed by atoms with Crippen molar-refractivity contribution < 1.29 is 4.79 Å². The Morgan fingerprint density at radius 3 is 2.53 bits per heavy atom. The zero-order valence-electron chi connectivity index (χ0n) is 11.4. The molecule has 0 bridgehead atoms. The molecular weight excluding hydrogens is 234 g/mol. The van der Waals surface area contributed by atoms with Gasteiger partial charge in [-0.2, -0.15) is 0 Å². The maximum atomic E-state index is 11.5. The zero-order chi connectivity index (χ0) is 13.5. The Balaban J connectivity index is 3.91. The highest BCUT2D eigenvalue weighted by Crippen LogP contribution is 2.20. The molecule has 0 saturated heterocycles. The van der Waals surface area contributed by atoms with Gasteiger partial charge in [-0.3, -0.25) is 9.69 Å². The number of carbonyl (C=O) groups excluding carboxylic acids is 1. The molecule has 100 valence electrons. The van der Waals surface area contributed by atoms with Crippen molar-refractivity contribution in [3.63, 3.8) is 0 Å². The van der Waals surface area contributed by atoms with Crippen LogP contribution in [-0.4, -0.2) is 42.5 Å². The van der Waals surface area contributed by atoms with Crippen molar-refractivity contribution in [2.24, 2.45) is 11.1 Å². The molecule has 0 heterocycles. The molecule has 0 saturated carbocycles. The second-order valence-electron chi connectivity index (χ2n) is 5.09. The predicted octanol–water partition coefficient (Wildman–Crippen LogP) is 1.15. The monoisotopic (exact) mass is 259 g/mol. The van der Waals surface area contributed by atoms with Gasteiger partial charge >= 0.3 is 0 Å². The molecule has 0 aromatic carbocycles. The fourth-order valence-corrected chi connectivity index (χ4v) is 1.34. The van der Waals surface area contributed by atoms with E-state index in [1.807, 2.05) is 32.7 Å². The minimum Gasteiger partial charge on any atom is -0.393 e. The molecule has 0 aliphatic carbocycles. The van der Waals surface area contributed by atoms with Gasteiger partial charge in [-0.05, 0) is 26.4 Å². The van der Waals surface area contributed by atoms with Crippen LogP contribution in [0.25, 0.3) is 0 Å². The summed E-state index contributed by atoms with van der Waals surface area (Å²) in [4.78, 5) is 14.0. The molecule has 0 rings (SSSR count). The third-order valence-corrected chi connectivity index (χ3v) is 3.32. The number of likely N-dealkylation sites (N-methyl/N-ethyl adjacent to an activating group) is 1. The summed E-state index contributed by atoms with van der Waals surface area (Å²) in [5.74, 6) is 0.0717. The number of hydrogen-bond donors (Lipinski definition) is 2. The number of nitrogens with two attached hydrogens (primary N) is 1. The summed E-state index contributed by atoms with van der Waals surface area (Å²) in [6.07, 6.45) is 1.82. The number of rotatable bonds is 8. The minimum atomic E-state index is -0.149. The second-order valence-corrected chi connectivity index (χ2v) is 5.53. The molecule has 3 N–H and O–H groups in total. The second kappa shape index (κ2) is 7.61. The van der Waals surface area contributed by atoms with Crippen LogP contribution in [0.3, 0.4) is 0 Å². The maximum Gasteiger partial charge on any atom is 0.234 e. The van der Waals surface area contributed by atoms with Crippen molar-refractivity contribution in [1.82, 2.24) is 10.2 Å². The normalized spacial score (nSPS) is 11.6. The van der Waals surface area contributed by atoms with Crippen molar-refractivity contribution in [2.45, 2.75) is 33.6 Å². The van der Waals surface area contributed by atoms with Gasteiger partial charge in [-0.1, -0.05) is 33.0 Å². The van der Waals surface area contributed by atoms with Crippen LogP contribution in [0, 0.1) is 5.41 Å². The van der Waals surface area contributed by atoms with E-state index in [4.69, 9.17) is 18.0 Å². The molecule has 1 amide bonds. The Kier molecular flexibility index (Phi) is 7.30. The van der Waals surface area contributed by atoms with Gasteiger partial charge in [0.25, 0.3) is 0 Å². The molecular formula is C12H25N3OS. The molecule has 0 aromatic rings. The Morgan fingerprint density at radius 1 is 1.47 bits per heavy atom. The van der Waals surface area contributed by atoms with E-state index >= 15 is 0 Å². The van der Waals surface area contributed by atoms with Gasteiger partial charge in [0.15, 0.2) is 0 Å². The number of hydrogen-bond acceptors (Lipinski definition) is 3. The summed E-state index contributed by atoms with van der Waals surface area (Å²) in [5.41, 5.74) is 5.51. The largest absolute Gasteiger partial charge is 0.393 e. The molecule has 0 spiro atoms. The number of thiocarbonyl (C=S) groups is 1. The first kappa shape index (κ1) is 16.3. The van der Waals surface area contributed by atoms with E-state index in [2.05, 4.69) is 5.32 Å². The Morgan fingerprint density at radius 2 is 2.06 bits per heavy atom. The topological polar surface area (TPSA) is 58.4 Å². The van der Waals surface area contributed by atoms with Gasteiger partial charge < -0.3 is 11.1 Å². The molecule has 4 nitrogen and oxygen atoms in total. The zero-order valence-corrected chi connectivity index (χ0v) is 12.2. The van der Waals surface area contributed by atoms with E-state index in [0.717, 1.165) is 25.9 Å². The van der Waals surface area contributed by atoms with Crippen LogP contribution >= 0.6 is 12.2 Å². The third-order valence-electron chi connectivity index (χ3n) is 2.77. The number of nitrogens with one attached hydrogen (secondary N) is 1. The summed E-state index contributed by atoms with van der Waals surface area (Å²) in [6.45, 7) is 8.07. The fraction of sp³-hybridized carbons (Fsp3) is 0.833. The van der Waals surface area contributed by atoms with Crippen LogP contribution in [0.4, 0.5) is 0 Å². The summed E-state index contributed by atoms with van der Waals surface area (Å²) in [5, 5.41) is 2.85. The van der Waals surface area contributed by atoms with Crippen LogP contribution in [-0.2, 0) is 4.79 Å². The predicted molar refractivity (Wildman–Crippen MR) is 76.0 cm³/mol.